The molecular formula is C14H13F4N3O. The minimum atomic E-state index is -4.34. The van der Waals surface area contributed by atoms with Crippen molar-refractivity contribution in [2.45, 2.75) is 26.1 Å². The van der Waals surface area contributed by atoms with Crippen molar-refractivity contribution in [1.29, 1.82) is 0 Å². The zero-order valence-electron chi connectivity index (χ0n) is 11.9. The van der Waals surface area contributed by atoms with E-state index in [1.807, 2.05) is 0 Å². The summed E-state index contributed by atoms with van der Waals surface area (Å²) >= 11 is 0. The number of hydrazine groups is 1. The normalized spacial score (nSPS) is 20.5. The number of alkyl halides is 3. The minimum Gasteiger partial charge on any atom is -0.439 e. The maximum Gasteiger partial charge on any atom is 0.405 e. The van der Waals surface area contributed by atoms with Crippen molar-refractivity contribution in [2.24, 2.45) is 4.99 Å². The van der Waals surface area contributed by atoms with Gasteiger partial charge in [0.2, 0.25) is 0 Å². The van der Waals surface area contributed by atoms with E-state index in [0.29, 0.717) is 17.2 Å². The summed E-state index contributed by atoms with van der Waals surface area (Å²) in [5.41, 5.74) is 1.04. The van der Waals surface area contributed by atoms with Crippen molar-refractivity contribution in [3.05, 3.63) is 47.6 Å². The Morgan fingerprint density at radius 3 is 2.68 bits per heavy atom. The van der Waals surface area contributed by atoms with Gasteiger partial charge < -0.3 is 4.42 Å². The number of halogens is 4. The van der Waals surface area contributed by atoms with Crippen LogP contribution in [0.15, 0.2) is 45.4 Å². The number of allylic oxidation sites excluding steroid dienone is 2. The van der Waals surface area contributed by atoms with Crippen LogP contribution < -0.4 is 0 Å². The summed E-state index contributed by atoms with van der Waals surface area (Å²) in [6.07, 6.45) is -0.0303. The van der Waals surface area contributed by atoms with Crippen LogP contribution in [0.25, 0.3) is 0 Å². The standard InChI is InChI=1S/C14H13F4N3O/c1-8-7-11(10-4-6-22-13(10)15)19-12-3-5-20(21(8)12)9(2)14(16,17)18/h3-4,6-7,9H,5H2,1-2H3/t9-/m1/s1. The molecule has 1 aromatic rings. The predicted octanol–water partition coefficient (Wildman–Crippen LogP) is 3.45. The average Bonchev–Trinajstić information content (AvgIpc) is 3.02. The summed E-state index contributed by atoms with van der Waals surface area (Å²) in [4.78, 5) is 4.23. The SMILES string of the molecule is CC1=CC(c2ccoc2F)=NC2=CCN([C@H](C)C(F)(F)F)N12. The number of nitrogens with zero attached hydrogens (tertiary/aromatic N) is 3. The third-order valence-electron chi connectivity index (χ3n) is 3.66. The molecule has 0 radical (unpaired) electrons. The van der Waals surface area contributed by atoms with E-state index in [-0.39, 0.29) is 12.1 Å². The van der Waals surface area contributed by atoms with Gasteiger partial charge in [-0.25, -0.2) is 4.99 Å². The number of fused-ring (bicyclic) bond motifs is 1. The first-order chi connectivity index (χ1) is 10.3. The van der Waals surface area contributed by atoms with Crippen molar-refractivity contribution in [3.8, 4) is 0 Å². The van der Waals surface area contributed by atoms with E-state index in [1.165, 1.54) is 28.4 Å². The van der Waals surface area contributed by atoms with Crippen LogP contribution in [0.1, 0.15) is 19.4 Å². The molecule has 0 unspecified atom stereocenters. The molecule has 1 aromatic heterocycles. The zero-order valence-corrected chi connectivity index (χ0v) is 11.9. The fourth-order valence-electron chi connectivity index (χ4n) is 2.48. The molecule has 3 heterocycles. The van der Waals surface area contributed by atoms with Gasteiger partial charge in [0.05, 0.1) is 17.5 Å². The van der Waals surface area contributed by atoms with Gasteiger partial charge >= 0.3 is 6.18 Å². The molecule has 22 heavy (non-hydrogen) atoms. The highest BCUT2D eigenvalue weighted by atomic mass is 19.4. The van der Waals surface area contributed by atoms with Crippen molar-refractivity contribution in [2.75, 3.05) is 6.54 Å². The van der Waals surface area contributed by atoms with Crippen LogP contribution in [0.5, 0.6) is 0 Å². The minimum absolute atomic E-state index is 0.0891. The van der Waals surface area contributed by atoms with Crippen LogP contribution in [0, 0.1) is 6.01 Å². The van der Waals surface area contributed by atoms with Gasteiger partial charge in [0, 0.05) is 12.2 Å². The molecule has 0 amide bonds. The molecule has 4 nitrogen and oxygen atoms in total. The summed E-state index contributed by atoms with van der Waals surface area (Å²) in [5, 5.41) is 2.58. The molecule has 0 spiro atoms. The van der Waals surface area contributed by atoms with E-state index in [9.17, 15) is 17.6 Å². The van der Waals surface area contributed by atoms with E-state index in [1.54, 1.807) is 13.0 Å². The lowest BCUT2D eigenvalue weighted by Crippen LogP contribution is -2.49. The summed E-state index contributed by atoms with van der Waals surface area (Å²) in [6.45, 7) is 2.84. The van der Waals surface area contributed by atoms with E-state index < -0.39 is 18.2 Å². The molecule has 118 valence electrons. The lowest BCUT2D eigenvalue weighted by Gasteiger charge is -2.37. The topological polar surface area (TPSA) is 32.0 Å². The third-order valence-corrected chi connectivity index (χ3v) is 3.66. The quantitative estimate of drug-likeness (QED) is 0.784. The highest BCUT2D eigenvalue weighted by Gasteiger charge is 2.45. The maximum absolute atomic E-state index is 13.5. The Balaban J connectivity index is 1.92. The number of aliphatic imine (C=N–C) groups is 1. The molecule has 0 saturated heterocycles. The van der Waals surface area contributed by atoms with Gasteiger partial charge in [0.15, 0.2) is 0 Å². The first-order valence-corrected chi connectivity index (χ1v) is 6.63. The van der Waals surface area contributed by atoms with Crippen molar-refractivity contribution in [1.82, 2.24) is 10.0 Å². The van der Waals surface area contributed by atoms with Gasteiger partial charge in [-0.15, -0.1) is 0 Å². The molecule has 1 atom stereocenters. The smallest absolute Gasteiger partial charge is 0.405 e. The van der Waals surface area contributed by atoms with Gasteiger partial charge in [0.1, 0.15) is 11.9 Å². The Hall–Kier alpha value is -2.09. The summed E-state index contributed by atoms with van der Waals surface area (Å²) in [6, 6.07) is -0.985. The lowest BCUT2D eigenvalue weighted by atomic mass is 10.1. The van der Waals surface area contributed by atoms with Gasteiger partial charge in [-0.3, -0.25) is 5.01 Å². The van der Waals surface area contributed by atoms with Crippen LogP contribution in [0.2, 0.25) is 0 Å². The van der Waals surface area contributed by atoms with Gasteiger partial charge in [0.25, 0.3) is 6.01 Å². The molecule has 2 aliphatic heterocycles. The second-order valence-electron chi connectivity index (χ2n) is 5.10. The highest BCUT2D eigenvalue weighted by Crippen LogP contribution is 2.34. The molecule has 0 N–H and O–H groups in total. The fraction of sp³-hybridized carbons (Fsp3) is 0.357. The van der Waals surface area contributed by atoms with Crippen LogP contribution >= 0.6 is 0 Å². The predicted molar refractivity (Wildman–Crippen MR) is 71.1 cm³/mol. The Labute approximate surface area is 124 Å². The first-order valence-electron chi connectivity index (χ1n) is 6.63. The monoisotopic (exact) mass is 315 g/mol. The van der Waals surface area contributed by atoms with E-state index in [0.717, 1.165) is 6.92 Å². The van der Waals surface area contributed by atoms with Gasteiger partial charge in [-0.2, -0.15) is 22.6 Å². The molecule has 0 fully saturated rings. The molecule has 0 bridgehead atoms. The Bertz CT molecular complexity index is 687. The Morgan fingerprint density at radius 1 is 1.36 bits per heavy atom. The summed E-state index contributed by atoms with van der Waals surface area (Å²) in [5.74, 6) is 0.353. The van der Waals surface area contributed by atoms with E-state index >= 15 is 0 Å². The maximum atomic E-state index is 13.5. The van der Waals surface area contributed by atoms with Crippen molar-refractivity contribution >= 4 is 5.71 Å². The number of hydrogen-bond acceptors (Lipinski definition) is 4. The van der Waals surface area contributed by atoms with Crippen LogP contribution in [0.4, 0.5) is 17.6 Å². The van der Waals surface area contributed by atoms with Crippen molar-refractivity contribution < 1.29 is 22.0 Å². The molecule has 0 aromatic carbocycles. The molecular weight excluding hydrogens is 302 g/mol. The largest absolute Gasteiger partial charge is 0.439 e. The van der Waals surface area contributed by atoms with Gasteiger partial charge in [-0.1, -0.05) is 0 Å². The third kappa shape index (κ3) is 2.33. The second-order valence-corrected chi connectivity index (χ2v) is 5.10. The first kappa shape index (κ1) is 14.8. The molecule has 0 saturated carbocycles. The highest BCUT2D eigenvalue weighted by molar-refractivity contribution is 6.10. The van der Waals surface area contributed by atoms with Crippen LogP contribution in [-0.2, 0) is 0 Å². The fourth-order valence-corrected chi connectivity index (χ4v) is 2.48. The molecule has 3 rings (SSSR count). The zero-order chi connectivity index (χ0) is 16.1. The number of rotatable bonds is 2. The second kappa shape index (κ2) is 4.98. The van der Waals surface area contributed by atoms with E-state index in [4.69, 9.17) is 0 Å². The van der Waals surface area contributed by atoms with Crippen molar-refractivity contribution in [3.63, 3.8) is 0 Å². The van der Waals surface area contributed by atoms with Crippen LogP contribution in [0.3, 0.4) is 0 Å². The number of hydrogen-bond donors (Lipinski definition) is 0. The van der Waals surface area contributed by atoms with Crippen LogP contribution in [-0.4, -0.2) is 34.5 Å². The molecule has 8 heteroatoms. The Morgan fingerprint density at radius 2 is 2.09 bits per heavy atom. The van der Waals surface area contributed by atoms with Gasteiger partial charge in [-0.05, 0) is 32.1 Å². The summed E-state index contributed by atoms with van der Waals surface area (Å²) < 4.78 is 56.9. The van der Waals surface area contributed by atoms with E-state index in [2.05, 4.69) is 9.41 Å². The molecule has 2 aliphatic rings. The average molecular weight is 315 g/mol. The summed E-state index contributed by atoms with van der Waals surface area (Å²) in [7, 11) is 0. The molecule has 0 aliphatic carbocycles. The number of furan rings is 1. The Kier molecular flexibility index (Phi) is 3.36. The lowest BCUT2D eigenvalue weighted by molar-refractivity contribution is -0.201.